The van der Waals surface area contributed by atoms with Gasteiger partial charge < -0.3 is 15.4 Å². The molecule has 1 aromatic heterocycles. The van der Waals surface area contributed by atoms with Crippen LogP contribution in [0, 0.1) is 0 Å². The molecule has 2 atom stereocenters. The van der Waals surface area contributed by atoms with E-state index in [0.29, 0.717) is 13.1 Å². The average molecular weight is 325 g/mol. The van der Waals surface area contributed by atoms with Gasteiger partial charge in [-0.3, -0.25) is 9.78 Å². The fraction of sp³-hybridized carbons (Fsp3) is 0.368. The fourth-order valence-electron chi connectivity index (χ4n) is 2.98. The van der Waals surface area contributed by atoms with Gasteiger partial charge in [-0.1, -0.05) is 36.4 Å². The topological polar surface area (TPSA) is 68.5 Å². The molecule has 5 nitrogen and oxygen atoms in total. The molecule has 0 saturated carbocycles. The minimum Gasteiger partial charge on any atom is -0.376 e. The van der Waals surface area contributed by atoms with Gasteiger partial charge in [0.25, 0.3) is 0 Å². The lowest BCUT2D eigenvalue weighted by molar-refractivity contribution is -0.135. The number of ether oxygens (including phenoxy) is 1. The number of nitrogens with zero attached hydrogens (tertiary/aromatic N) is 2. The summed E-state index contributed by atoms with van der Waals surface area (Å²) in [5, 5.41) is 0. The summed E-state index contributed by atoms with van der Waals surface area (Å²) in [6, 6.07) is 12.7. The highest BCUT2D eigenvalue weighted by molar-refractivity contribution is 5.83. The van der Waals surface area contributed by atoms with E-state index in [1.807, 2.05) is 42.5 Å². The van der Waals surface area contributed by atoms with Crippen molar-refractivity contribution in [3.05, 3.63) is 66.0 Å². The smallest absolute Gasteiger partial charge is 0.244 e. The first-order valence-corrected chi connectivity index (χ1v) is 8.34. The number of pyridine rings is 1. The van der Waals surface area contributed by atoms with Crippen LogP contribution in [0.2, 0.25) is 0 Å². The van der Waals surface area contributed by atoms with Gasteiger partial charge in [0.15, 0.2) is 0 Å². The lowest BCUT2D eigenvalue weighted by atomic mass is 10.1. The molecule has 0 aliphatic carbocycles. The SMILES string of the molecule is N[C@@H](C(=O)N(Cc1cccnc1)C[C@H]1CCCO1)c1ccccc1. The Hall–Kier alpha value is -2.24. The molecule has 0 radical (unpaired) electrons. The van der Waals surface area contributed by atoms with Gasteiger partial charge in [-0.25, -0.2) is 0 Å². The van der Waals surface area contributed by atoms with Gasteiger partial charge in [0.2, 0.25) is 5.91 Å². The molecule has 2 N–H and O–H groups in total. The largest absolute Gasteiger partial charge is 0.376 e. The Labute approximate surface area is 142 Å². The van der Waals surface area contributed by atoms with E-state index < -0.39 is 6.04 Å². The summed E-state index contributed by atoms with van der Waals surface area (Å²) in [5.74, 6) is -0.0828. The second kappa shape index (κ2) is 8.04. The number of hydrogen-bond acceptors (Lipinski definition) is 4. The zero-order valence-electron chi connectivity index (χ0n) is 13.7. The number of nitrogens with two attached hydrogens (primary N) is 1. The number of hydrogen-bond donors (Lipinski definition) is 1. The Morgan fingerprint density at radius 3 is 2.79 bits per heavy atom. The zero-order chi connectivity index (χ0) is 16.8. The maximum atomic E-state index is 13.0. The normalized spacial score (nSPS) is 18.3. The molecule has 1 aliphatic heterocycles. The van der Waals surface area contributed by atoms with Crippen molar-refractivity contribution in [2.45, 2.75) is 31.5 Å². The van der Waals surface area contributed by atoms with Crippen molar-refractivity contribution in [3.8, 4) is 0 Å². The van der Waals surface area contributed by atoms with Crippen LogP contribution in [0.25, 0.3) is 0 Å². The van der Waals surface area contributed by atoms with Crippen LogP contribution in [0.4, 0.5) is 0 Å². The lowest BCUT2D eigenvalue weighted by Gasteiger charge is -2.28. The molecule has 1 fully saturated rings. The van der Waals surface area contributed by atoms with Gasteiger partial charge in [0.05, 0.1) is 6.10 Å². The second-order valence-corrected chi connectivity index (χ2v) is 6.10. The first-order valence-electron chi connectivity index (χ1n) is 8.34. The van der Waals surface area contributed by atoms with Crippen LogP contribution >= 0.6 is 0 Å². The molecule has 24 heavy (non-hydrogen) atoms. The van der Waals surface area contributed by atoms with E-state index >= 15 is 0 Å². The molecule has 1 amide bonds. The predicted octanol–water partition coefficient (Wildman–Crippen LogP) is 2.29. The van der Waals surface area contributed by atoms with Crippen LogP contribution in [0.15, 0.2) is 54.9 Å². The fourth-order valence-corrected chi connectivity index (χ4v) is 2.98. The van der Waals surface area contributed by atoms with E-state index in [1.165, 1.54) is 0 Å². The first kappa shape index (κ1) is 16.6. The van der Waals surface area contributed by atoms with Gasteiger partial charge in [0.1, 0.15) is 6.04 Å². The number of carbonyl (C=O) groups is 1. The monoisotopic (exact) mass is 325 g/mol. The van der Waals surface area contributed by atoms with E-state index in [2.05, 4.69) is 4.98 Å². The first-order chi connectivity index (χ1) is 11.7. The zero-order valence-corrected chi connectivity index (χ0v) is 13.7. The van der Waals surface area contributed by atoms with Crippen molar-refractivity contribution in [3.63, 3.8) is 0 Å². The summed E-state index contributed by atoms with van der Waals surface area (Å²) in [6.45, 7) is 1.83. The Kier molecular flexibility index (Phi) is 5.56. The third kappa shape index (κ3) is 4.19. The van der Waals surface area contributed by atoms with E-state index in [0.717, 1.165) is 30.6 Å². The van der Waals surface area contributed by atoms with Crippen LogP contribution in [0.5, 0.6) is 0 Å². The van der Waals surface area contributed by atoms with Crippen molar-refractivity contribution < 1.29 is 9.53 Å². The average Bonchev–Trinajstić information content (AvgIpc) is 3.15. The maximum Gasteiger partial charge on any atom is 0.244 e. The van der Waals surface area contributed by atoms with Gasteiger partial charge in [-0.15, -0.1) is 0 Å². The standard InChI is InChI=1S/C19H23N3O2/c20-18(16-7-2-1-3-8-16)19(23)22(14-17-9-5-11-24-17)13-15-6-4-10-21-12-15/h1-4,6-8,10,12,17-18H,5,9,11,13-14,20H2/t17-,18-/m1/s1. The predicted molar refractivity (Wildman–Crippen MR) is 92.0 cm³/mol. The Morgan fingerprint density at radius 1 is 1.29 bits per heavy atom. The summed E-state index contributed by atoms with van der Waals surface area (Å²) >= 11 is 0. The van der Waals surface area contributed by atoms with Crippen LogP contribution in [0.1, 0.15) is 30.0 Å². The van der Waals surface area contributed by atoms with Gasteiger partial charge in [0, 0.05) is 32.1 Å². The minimum atomic E-state index is -0.663. The van der Waals surface area contributed by atoms with Crippen molar-refractivity contribution in [1.82, 2.24) is 9.88 Å². The molecule has 0 bridgehead atoms. The molecule has 5 heteroatoms. The Morgan fingerprint density at radius 2 is 2.12 bits per heavy atom. The number of carbonyl (C=O) groups excluding carboxylic acids is 1. The highest BCUT2D eigenvalue weighted by Crippen LogP contribution is 2.19. The summed E-state index contributed by atoms with van der Waals surface area (Å²) in [6.07, 6.45) is 5.63. The summed E-state index contributed by atoms with van der Waals surface area (Å²) < 4.78 is 5.71. The summed E-state index contributed by atoms with van der Waals surface area (Å²) in [4.78, 5) is 18.9. The van der Waals surface area contributed by atoms with Gasteiger partial charge >= 0.3 is 0 Å². The summed E-state index contributed by atoms with van der Waals surface area (Å²) in [5.41, 5.74) is 8.03. The highest BCUT2D eigenvalue weighted by atomic mass is 16.5. The number of aromatic nitrogens is 1. The van der Waals surface area contributed by atoms with E-state index in [9.17, 15) is 4.79 Å². The Bertz CT molecular complexity index is 642. The number of amides is 1. The Balaban J connectivity index is 1.75. The number of benzene rings is 1. The quantitative estimate of drug-likeness (QED) is 0.885. The lowest BCUT2D eigenvalue weighted by Crippen LogP contribution is -2.42. The van der Waals surface area contributed by atoms with Crippen molar-refractivity contribution in [2.75, 3.05) is 13.2 Å². The highest BCUT2D eigenvalue weighted by Gasteiger charge is 2.27. The van der Waals surface area contributed by atoms with Gasteiger partial charge in [-0.2, -0.15) is 0 Å². The third-order valence-electron chi connectivity index (χ3n) is 4.28. The molecular formula is C19H23N3O2. The van der Waals surface area contributed by atoms with Gasteiger partial charge in [-0.05, 0) is 30.0 Å². The molecule has 2 heterocycles. The van der Waals surface area contributed by atoms with Crippen LogP contribution in [-0.2, 0) is 16.1 Å². The molecule has 1 aromatic carbocycles. The molecule has 1 aliphatic rings. The molecule has 126 valence electrons. The maximum absolute atomic E-state index is 13.0. The van der Waals surface area contributed by atoms with Crippen LogP contribution in [0.3, 0.4) is 0 Å². The van der Waals surface area contributed by atoms with E-state index in [-0.39, 0.29) is 12.0 Å². The second-order valence-electron chi connectivity index (χ2n) is 6.10. The third-order valence-corrected chi connectivity index (χ3v) is 4.28. The molecule has 1 saturated heterocycles. The number of rotatable bonds is 6. The van der Waals surface area contributed by atoms with Crippen molar-refractivity contribution in [2.24, 2.45) is 5.73 Å². The van der Waals surface area contributed by atoms with Crippen molar-refractivity contribution in [1.29, 1.82) is 0 Å². The van der Waals surface area contributed by atoms with Crippen molar-refractivity contribution >= 4 is 5.91 Å². The minimum absolute atomic E-state index is 0.0828. The summed E-state index contributed by atoms with van der Waals surface area (Å²) in [7, 11) is 0. The van der Waals surface area contributed by atoms with Crippen LogP contribution in [-0.4, -0.2) is 35.0 Å². The molecule has 3 rings (SSSR count). The molecule has 2 aromatic rings. The van der Waals surface area contributed by atoms with Crippen LogP contribution < -0.4 is 5.73 Å². The molecule has 0 spiro atoms. The molecule has 0 unspecified atom stereocenters. The van der Waals surface area contributed by atoms with E-state index in [4.69, 9.17) is 10.5 Å². The molecular weight excluding hydrogens is 302 g/mol. The van der Waals surface area contributed by atoms with E-state index in [1.54, 1.807) is 17.3 Å².